The summed E-state index contributed by atoms with van der Waals surface area (Å²) in [5.41, 5.74) is 0.516. The Morgan fingerprint density at radius 3 is 2.88 bits per heavy atom. The van der Waals surface area contributed by atoms with Crippen molar-refractivity contribution in [2.24, 2.45) is 5.92 Å². The van der Waals surface area contributed by atoms with Gasteiger partial charge in [0.15, 0.2) is 0 Å². The van der Waals surface area contributed by atoms with Crippen LogP contribution >= 0.6 is 0 Å². The van der Waals surface area contributed by atoms with Gasteiger partial charge in [-0.25, -0.2) is 9.78 Å². The molecule has 0 bridgehead atoms. The van der Waals surface area contributed by atoms with Crippen molar-refractivity contribution in [3.05, 3.63) is 23.9 Å². The summed E-state index contributed by atoms with van der Waals surface area (Å²) in [6, 6.07) is 3.75. The molecule has 1 unspecified atom stereocenters. The van der Waals surface area contributed by atoms with E-state index in [4.69, 9.17) is 9.47 Å². The lowest BCUT2D eigenvalue weighted by Crippen LogP contribution is -2.44. The van der Waals surface area contributed by atoms with E-state index in [1.807, 2.05) is 19.1 Å². The zero-order chi connectivity index (χ0) is 16.8. The summed E-state index contributed by atoms with van der Waals surface area (Å²) in [5, 5.41) is 0. The van der Waals surface area contributed by atoms with E-state index in [1.165, 1.54) is 12.8 Å². The molecule has 1 aromatic rings. The number of anilines is 1. The van der Waals surface area contributed by atoms with Crippen molar-refractivity contribution in [2.75, 3.05) is 57.4 Å². The molecule has 2 fully saturated rings. The van der Waals surface area contributed by atoms with Gasteiger partial charge in [0.05, 0.1) is 25.4 Å². The quantitative estimate of drug-likeness (QED) is 0.766. The fraction of sp³-hybridized carbons (Fsp3) is 0.667. The number of ether oxygens (including phenoxy) is 2. The monoisotopic (exact) mass is 333 g/mol. The van der Waals surface area contributed by atoms with E-state index >= 15 is 0 Å². The van der Waals surface area contributed by atoms with Crippen molar-refractivity contribution < 1.29 is 14.3 Å². The summed E-state index contributed by atoms with van der Waals surface area (Å²) in [6.07, 6.45) is 4.09. The van der Waals surface area contributed by atoms with Gasteiger partial charge in [-0.3, -0.25) is 4.90 Å². The lowest BCUT2D eigenvalue weighted by Gasteiger charge is -2.37. The number of rotatable bonds is 5. The predicted molar refractivity (Wildman–Crippen MR) is 92.4 cm³/mol. The molecule has 0 spiro atoms. The van der Waals surface area contributed by atoms with Crippen molar-refractivity contribution >= 4 is 11.8 Å². The molecule has 132 valence electrons. The first-order valence-electron chi connectivity index (χ1n) is 8.94. The number of hydrogen-bond acceptors (Lipinski definition) is 6. The molecule has 0 N–H and O–H groups in total. The average molecular weight is 333 g/mol. The third-order valence-electron chi connectivity index (χ3n) is 4.72. The summed E-state index contributed by atoms with van der Waals surface area (Å²) in [4.78, 5) is 21.0. The first-order valence-corrected chi connectivity index (χ1v) is 8.94. The molecule has 3 heterocycles. The fourth-order valence-corrected chi connectivity index (χ4v) is 3.48. The minimum absolute atomic E-state index is 0.305. The van der Waals surface area contributed by atoms with E-state index in [1.54, 1.807) is 6.20 Å². The van der Waals surface area contributed by atoms with E-state index in [0.29, 0.717) is 18.1 Å². The zero-order valence-electron chi connectivity index (χ0n) is 14.4. The first-order chi connectivity index (χ1) is 11.8. The topological polar surface area (TPSA) is 54.9 Å². The maximum atomic E-state index is 11.7. The Hall–Kier alpha value is -1.66. The standard InChI is InChI=1S/C18H27N3O3/c1-2-24-18(22)16-5-6-17(19-12-16)21-7-3-4-15(14-21)13-20-8-10-23-11-9-20/h5-6,12,15H,2-4,7-11,13-14H2,1H3. The Morgan fingerprint density at radius 2 is 2.17 bits per heavy atom. The third-order valence-corrected chi connectivity index (χ3v) is 4.72. The van der Waals surface area contributed by atoms with Crippen LogP contribution < -0.4 is 4.90 Å². The van der Waals surface area contributed by atoms with Crippen molar-refractivity contribution in [3.8, 4) is 0 Å². The van der Waals surface area contributed by atoms with Crippen molar-refractivity contribution in [1.82, 2.24) is 9.88 Å². The number of pyridine rings is 1. The molecule has 0 saturated carbocycles. The van der Waals surface area contributed by atoms with Crippen molar-refractivity contribution in [1.29, 1.82) is 0 Å². The van der Waals surface area contributed by atoms with Crippen LogP contribution in [0, 0.1) is 5.92 Å². The second-order valence-electron chi connectivity index (χ2n) is 6.49. The van der Waals surface area contributed by atoms with Crippen LogP contribution in [0.5, 0.6) is 0 Å². The minimum atomic E-state index is -0.305. The maximum Gasteiger partial charge on any atom is 0.339 e. The number of carbonyl (C=O) groups is 1. The molecular weight excluding hydrogens is 306 g/mol. The van der Waals surface area contributed by atoms with Crippen molar-refractivity contribution in [3.63, 3.8) is 0 Å². The molecule has 0 amide bonds. The lowest BCUT2D eigenvalue weighted by atomic mass is 9.97. The van der Waals surface area contributed by atoms with Gasteiger partial charge in [-0.1, -0.05) is 0 Å². The van der Waals surface area contributed by atoms with Gasteiger partial charge in [-0.15, -0.1) is 0 Å². The summed E-state index contributed by atoms with van der Waals surface area (Å²) in [6.45, 7) is 9.19. The first kappa shape index (κ1) is 17.2. The largest absolute Gasteiger partial charge is 0.462 e. The normalized spacial score (nSPS) is 22.4. The molecule has 0 radical (unpaired) electrons. The van der Waals surface area contributed by atoms with Gasteiger partial charge < -0.3 is 14.4 Å². The van der Waals surface area contributed by atoms with Gasteiger partial charge in [0.1, 0.15) is 5.82 Å². The van der Waals surface area contributed by atoms with Crippen LogP contribution in [0.1, 0.15) is 30.1 Å². The molecule has 6 heteroatoms. The van der Waals surface area contributed by atoms with Gasteiger partial charge >= 0.3 is 5.97 Å². The highest BCUT2D eigenvalue weighted by molar-refractivity contribution is 5.89. The molecule has 2 aliphatic heterocycles. The number of hydrogen-bond donors (Lipinski definition) is 0. The highest BCUT2D eigenvalue weighted by Crippen LogP contribution is 2.23. The summed E-state index contributed by atoms with van der Waals surface area (Å²) in [7, 11) is 0. The number of aromatic nitrogens is 1. The maximum absolute atomic E-state index is 11.7. The van der Waals surface area contributed by atoms with E-state index < -0.39 is 0 Å². The van der Waals surface area contributed by atoms with Crippen LogP contribution in [0.2, 0.25) is 0 Å². The van der Waals surface area contributed by atoms with E-state index in [0.717, 1.165) is 51.8 Å². The Kier molecular flexibility index (Phi) is 6.04. The Bertz CT molecular complexity index is 529. The highest BCUT2D eigenvalue weighted by Gasteiger charge is 2.24. The van der Waals surface area contributed by atoms with E-state index in [-0.39, 0.29) is 5.97 Å². The SMILES string of the molecule is CCOC(=O)c1ccc(N2CCCC(CN3CCOCC3)C2)nc1. The van der Waals surface area contributed by atoms with E-state index in [9.17, 15) is 4.79 Å². The number of carbonyl (C=O) groups excluding carboxylic acids is 1. The molecule has 24 heavy (non-hydrogen) atoms. The Balaban J connectivity index is 1.56. The second kappa shape index (κ2) is 8.44. The smallest absolute Gasteiger partial charge is 0.339 e. The molecule has 3 rings (SSSR count). The Labute approximate surface area is 143 Å². The number of nitrogens with zero attached hydrogens (tertiary/aromatic N) is 3. The zero-order valence-corrected chi connectivity index (χ0v) is 14.4. The fourth-order valence-electron chi connectivity index (χ4n) is 3.48. The summed E-state index contributed by atoms with van der Waals surface area (Å²) in [5.74, 6) is 1.32. The van der Waals surface area contributed by atoms with Gasteiger partial charge in [0.25, 0.3) is 0 Å². The Morgan fingerprint density at radius 1 is 1.33 bits per heavy atom. The number of esters is 1. The molecule has 1 aromatic heterocycles. The molecule has 6 nitrogen and oxygen atoms in total. The van der Waals surface area contributed by atoms with Crippen LogP contribution in [-0.4, -0.2) is 68.4 Å². The van der Waals surface area contributed by atoms with Gasteiger partial charge in [-0.2, -0.15) is 0 Å². The predicted octanol–water partition coefficient (Wildman–Crippen LogP) is 1.81. The number of morpholine rings is 1. The molecule has 2 saturated heterocycles. The molecule has 1 atom stereocenters. The lowest BCUT2D eigenvalue weighted by molar-refractivity contribution is 0.0296. The summed E-state index contributed by atoms with van der Waals surface area (Å²) >= 11 is 0. The van der Waals surface area contributed by atoms with Crippen LogP contribution in [0.3, 0.4) is 0 Å². The average Bonchev–Trinajstić information content (AvgIpc) is 2.63. The molecule has 0 aliphatic carbocycles. The van der Waals surface area contributed by atoms with Crippen LogP contribution in [0.15, 0.2) is 18.3 Å². The molecule has 0 aromatic carbocycles. The molecule has 2 aliphatic rings. The van der Waals surface area contributed by atoms with Crippen molar-refractivity contribution in [2.45, 2.75) is 19.8 Å². The number of piperidine rings is 1. The van der Waals surface area contributed by atoms with Gasteiger partial charge in [0.2, 0.25) is 0 Å². The van der Waals surface area contributed by atoms with Crippen LogP contribution in [0.4, 0.5) is 5.82 Å². The minimum Gasteiger partial charge on any atom is -0.462 e. The highest BCUT2D eigenvalue weighted by atomic mass is 16.5. The van der Waals surface area contributed by atoms with Crippen LogP contribution in [-0.2, 0) is 9.47 Å². The van der Waals surface area contributed by atoms with Gasteiger partial charge in [-0.05, 0) is 37.8 Å². The molecular formula is C18H27N3O3. The summed E-state index contributed by atoms with van der Waals surface area (Å²) < 4.78 is 10.4. The van der Waals surface area contributed by atoms with Gasteiger partial charge in [0, 0.05) is 38.9 Å². The second-order valence-corrected chi connectivity index (χ2v) is 6.49. The third kappa shape index (κ3) is 4.45. The van der Waals surface area contributed by atoms with E-state index in [2.05, 4.69) is 14.8 Å². The van der Waals surface area contributed by atoms with Crippen LogP contribution in [0.25, 0.3) is 0 Å².